The molecular weight excluding hydrogens is 272 g/mol. The highest BCUT2D eigenvalue weighted by atomic mass is 79.9. The number of nitrogens with two attached hydrogens (primary N) is 1. The molecule has 16 heavy (non-hydrogen) atoms. The Hall–Kier alpha value is -1.76. The van der Waals surface area contributed by atoms with Crippen molar-refractivity contribution in [2.24, 2.45) is 0 Å². The van der Waals surface area contributed by atoms with Crippen LogP contribution in [0.1, 0.15) is 5.69 Å². The fourth-order valence-electron chi connectivity index (χ4n) is 1.10. The van der Waals surface area contributed by atoms with Crippen LogP contribution in [0.4, 0.5) is 11.6 Å². The van der Waals surface area contributed by atoms with Gasteiger partial charge in [-0.2, -0.15) is 0 Å². The Morgan fingerprint density at radius 3 is 2.88 bits per heavy atom. The molecule has 0 amide bonds. The molecule has 0 aliphatic heterocycles. The van der Waals surface area contributed by atoms with Crippen LogP contribution in [0.15, 0.2) is 29.4 Å². The summed E-state index contributed by atoms with van der Waals surface area (Å²) >= 11 is 3.31. The molecule has 0 atom stereocenters. The molecule has 2 aromatic heterocycles. The lowest BCUT2D eigenvalue weighted by Gasteiger charge is -2.07. The first kappa shape index (κ1) is 10.7. The molecule has 2 aromatic rings. The second kappa shape index (κ2) is 4.84. The van der Waals surface area contributed by atoms with Crippen molar-refractivity contribution in [2.75, 3.05) is 11.1 Å². The van der Waals surface area contributed by atoms with E-state index >= 15 is 0 Å². The molecule has 0 saturated carbocycles. The van der Waals surface area contributed by atoms with Crippen molar-refractivity contribution in [3.8, 4) is 0 Å². The van der Waals surface area contributed by atoms with E-state index in [1.54, 1.807) is 6.20 Å². The Bertz CT molecular complexity index is 475. The minimum absolute atomic E-state index is 0.403. The zero-order valence-corrected chi connectivity index (χ0v) is 9.85. The summed E-state index contributed by atoms with van der Waals surface area (Å²) in [6.07, 6.45) is 4.59. The summed E-state index contributed by atoms with van der Waals surface area (Å²) in [4.78, 5) is 15.8. The molecular formula is C9H9BrN6. The molecule has 0 spiro atoms. The Balaban J connectivity index is 2.08. The van der Waals surface area contributed by atoms with E-state index in [9.17, 15) is 0 Å². The molecule has 0 unspecified atom stereocenters. The number of nitrogen functional groups attached to an aromatic ring is 1. The number of anilines is 2. The number of nitrogens with zero attached hydrogens (tertiary/aromatic N) is 4. The number of nitrogens with one attached hydrogen (secondary N) is 1. The molecule has 6 nitrogen and oxygen atoms in total. The largest absolute Gasteiger partial charge is 0.383 e. The summed E-state index contributed by atoms with van der Waals surface area (Å²) in [7, 11) is 0. The van der Waals surface area contributed by atoms with Gasteiger partial charge < -0.3 is 11.1 Å². The lowest BCUT2D eigenvalue weighted by atomic mass is 10.4. The second-order valence-corrected chi connectivity index (χ2v) is 3.77. The highest BCUT2D eigenvalue weighted by molar-refractivity contribution is 9.10. The molecule has 3 N–H and O–H groups in total. The summed E-state index contributed by atoms with van der Waals surface area (Å²) in [5.74, 6) is 1.05. The van der Waals surface area contributed by atoms with Crippen molar-refractivity contribution in [1.29, 1.82) is 0 Å². The van der Waals surface area contributed by atoms with E-state index < -0.39 is 0 Å². The lowest BCUT2D eigenvalue weighted by molar-refractivity contribution is 0.989. The van der Waals surface area contributed by atoms with Gasteiger partial charge in [-0.05, 0) is 22.0 Å². The predicted octanol–water partition coefficient (Wildman–Crippen LogP) is 1.22. The maximum absolute atomic E-state index is 5.63. The first-order valence-corrected chi connectivity index (χ1v) is 5.31. The zero-order chi connectivity index (χ0) is 11.4. The van der Waals surface area contributed by atoms with Crippen LogP contribution in [0.25, 0.3) is 0 Å². The highest BCUT2D eigenvalue weighted by Gasteiger charge is 2.05. The van der Waals surface area contributed by atoms with Crippen LogP contribution in [0.2, 0.25) is 0 Å². The van der Waals surface area contributed by atoms with Gasteiger partial charge in [0.15, 0.2) is 0 Å². The van der Waals surface area contributed by atoms with Crippen LogP contribution in [0.5, 0.6) is 0 Å². The summed E-state index contributed by atoms with van der Waals surface area (Å²) in [6.45, 7) is 0.553. The first-order valence-electron chi connectivity index (χ1n) is 4.52. The van der Waals surface area contributed by atoms with Crippen LogP contribution in [-0.4, -0.2) is 19.9 Å². The summed E-state index contributed by atoms with van der Waals surface area (Å²) in [6, 6.07) is 1.82. The maximum atomic E-state index is 5.63. The van der Waals surface area contributed by atoms with Crippen molar-refractivity contribution >= 4 is 27.6 Å². The number of rotatable bonds is 3. The molecule has 82 valence electrons. The molecule has 2 heterocycles. The minimum atomic E-state index is 0.403. The van der Waals surface area contributed by atoms with Crippen LogP contribution >= 0.6 is 15.9 Å². The van der Waals surface area contributed by atoms with Gasteiger partial charge >= 0.3 is 0 Å². The Morgan fingerprint density at radius 1 is 1.25 bits per heavy atom. The quantitative estimate of drug-likeness (QED) is 0.879. The number of hydrogen-bond donors (Lipinski definition) is 2. The Labute approximate surface area is 100 Å². The Morgan fingerprint density at radius 2 is 2.12 bits per heavy atom. The number of halogens is 1. The third-order valence-corrected chi connectivity index (χ3v) is 2.68. The van der Waals surface area contributed by atoms with E-state index in [0.717, 1.165) is 5.69 Å². The molecule has 0 fully saturated rings. The Kier molecular flexibility index (Phi) is 3.25. The van der Waals surface area contributed by atoms with Gasteiger partial charge in [-0.3, -0.25) is 0 Å². The monoisotopic (exact) mass is 280 g/mol. The molecule has 0 radical (unpaired) electrons. The van der Waals surface area contributed by atoms with Gasteiger partial charge in [-0.15, -0.1) is 0 Å². The van der Waals surface area contributed by atoms with Crippen LogP contribution in [-0.2, 0) is 6.54 Å². The average Bonchev–Trinajstić information content (AvgIpc) is 2.32. The number of hydrogen-bond acceptors (Lipinski definition) is 6. The SMILES string of the molecule is Nc1ncnc(NCc2ccncn2)c1Br. The van der Waals surface area contributed by atoms with Crippen molar-refractivity contribution in [2.45, 2.75) is 6.54 Å². The van der Waals surface area contributed by atoms with Gasteiger partial charge in [0.1, 0.15) is 28.8 Å². The van der Waals surface area contributed by atoms with E-state index in [-0.39, 0.29) is 0 Å². The van der Waals surface area contributed by atoms with Crippen molar-refractivity contribution in [3.63, 3.8) is 0 Å². The van der Waals surface area contributed by atoms with Crippen molar-refractivity contribution in [1.82, 2.24) is 19.9 Å². The molecule has 0 aliphatic rings. The molecule has 0 aliphatic carbocycles. The third-order valence-electron chi connectivity index (χ3n) is 1.90. The van der Waals surface area contributed by atoms with Crippen molar-refractivity contribution in [3.05, 3.63) is 35.1 Å². The van der Waals surface area contributed by atoms with Gasteiger partial charge in [0.25, 0.3) is 0 Å². The van der Waals surface area contributed by atoms with E-state index in [0.29, 0.717) is 22.7 Å². The predicted molar refractivity (Wildman–Crippen MR) is 63.5 cm³/mol. The first-order chi connectivity index (χ1) is 7.77. The highest BCUT2D eigenvalue weighted by Crippen LogP contribution is 2.23. The van der Waals surface area contributed by atoms with E-state index in [1.165, 1.54) is 12.7 Å². The average molecular weight is 281 g/mol. The lowest BCUT2D eigenvalue weighted by Crippen LogP contribution is -2.05. The summed E-state index contributed by atoms with van der Waals surface area (Å²) < 4.78 is 0.657. The van der Waals surface area contributed by atoms with E-state index in [1.807, 2.05) is 6.07 Å². The van der Waals surface area contributed by atoms with Crippen LogP contribution in [0.3, 0.4) is 0 Å². The summed E-state index contributed by atoms with van der Waals surface area (Å²) in [5.41, 5.74) is 6.50. The van der Waals surface area contributed by atoms with Gasteiger partial charge in [0.05, 0.1) is 12.2 Å². The molecule has 0 aromatic carbocycles. The van der Waals surface area contributed by atoms with Gasteiger partial charge in [-0.1, -0.05) is 0 Å². The fourth-order valence-corrected chi connectivity index (χ4v) is 1.45. The second-order valence-electron chi connectivity index (χ2n) is 2.98. The molecule has 0 saturated heterocycles. The van der Waals surface area contributed by atoms with E-state index in [4.69, 9.17) is 5.73 Å². The normalized spacial score (nSPS) is 10.1. The van der Waals surface area contributed by atoms with Gasteiger partial charge in [-0.25, -0.2) is 19.9 Å². The zero-order valence-electron chi connectivity index (χ0n) is 8.26. The van der Waals surface area contributed by atoms with E-state index in [2.05, 4.69) is 41.2 Å². The van der Waals surface area contributed by atoms with Crippen molar-refractivity contribution < 1.29 is 0 Å². The van der Waals surface area contributed by atoms with Gasteiger partial charge in [0, 0.05) is 6.20 Å². The van der Waals surface area contributed by atoms with Gasteiger partial charge in [0.2, 0.25) is 0 Å². The topological polar surface area (TPSA) is 89.6 Å². The van der Waals surface area contributed by atoms with Crippen LogP contribution in [0, 0.1) is 0 Å². The maximum Gasteiger partial charge on any atom is 0.146 e. The third kappa shape index (κ3) is 2.43. The summed E-state index contributed by atoms with van der Waals surface area (Å²) in [5, 5.41) is 3.10. The fraction of sp³-hybridized carbons (Fsp3) is 0.111. The molecule has 0 bridgehead atoms. The number of aromatic nitrogens is 4. The molecule has 2 rings (SSSR count). The van der Waals surface area contributed by atoms with Crippen LogP contribution < -0.4 is 11.1 Å². The minimum Gasteiger partial charge on any atom is -0.383 e. The standard InChI is InChI=1S/C9H9BrN6/c10-7-8(11)15-5-16-9(7)13-3-6-1-2-12-4-14-6/h1-2,4-5H,3H2,(H3,11,13,15,16). The smallest absolute Gasteiger partial charge is 0.146 e. The molecule has 7 heteroatoms.